The molecule has 2 aromatic rings. The summed E-state index contributed by atoms with van der Waals surface area (Å²) in [6, 6.07) is 1.87. The summed E-state index contributed by atoms with van der Waals surface area (Å²) in [5.74, 6) is -1.95. The van der Waals surface area contributed by atoms with Crippen molar-refractivity contribution in [3.63, 3.8) is 0 Å². The molecular weight excluding hydrogens is 262 g/mol. The number of hydrogen-bond donors (Lipinski definition) is 1. The van der Waals surface area contributed by atoms with Crippen molar-refractivity contribution in [2.45, 2.75) is 10.6 Å². The summed E-state index contributed by atoms with van der Waals surface area (Å²) in [6.07, 6.45) is 1.53. The molecule has 0 radical (unpaired) electrons. The molecule has 0 aliphatic carbocycles. The molecule has 1 aromatic heterocycles. The van der Waals surface area contributed by atoms with E-state index in [-0.39, 0.29) is 11.4 Å². The van der Waals surface area contributed by atoms with E-state index in [9.17, 15) is 13.0 Å². The third-order valence-electron chi connectivity index (χ3n) is 2.18. The summed E-state index contributed by atoms with van der Waals surface area (Å²) >= 11 is 0. The molecule has 0 fully saturated rings. The second kappa shape index (κ2) is 4.81. The van der Waals surface area contributed by atoms with Gasteiger partial charge in [-0.2, -0.15) is 0 Å². The lowest BCUT2D eigenvalue weighted by Crippen LogP contribution is -2.04. The second-order valence-corrected chi connectivity index (χ2v) is 5.08. The van der Waals surface area contributed by atoms with Crippen LogP contribution in [0.15, 0.2) is 23.2 Å². The lowest BCUT2D eigenvalue weighted by Gasteiger charge is -2.04. The van der Waals surface area contributed by atoms with Gasteiger partial charge in [-0.3, -0.25) is 8.89 Å². The molecule has 8 heteroatoms. The first-order valence-electron chi connectivity index (χ1n) is 4.95. The van der Waals surface area contributed by atoms with Gasteiger partial charge < -0.3 is 5.73 Å². The number of benzene rings is 1. The average Bonchev–Trinajstić information content (AvgIpc) is 2.62. The monoisotopic (exact) mass is 272 g/mol. The lowest BCUT2D eigenvalue weighted by molar-refractivity contribution is 0.535. The van der Waals surface area contributed by atoms with Gasteiger partial charge in [0.05, 0.1) is 22.2 Å². The van der Waals surface area contributed by atoms with Gasteiger partial charge in [-0.15, -0.1) is 5.10 Å². The number of nitrogen functional groups attached to an aromatic ring is 1. The smallest absolute Gasteiger partial charge is 0.144 e. The molecule has 0 spiro atoms. The summed E-state index contributed by atoms with van der Waals surface area (Å²) in [4.78, 5) is -0.491. The van der Waals surface area contributed by atoms with E-state index in [1.165, 1.54) is 10.9 Å². The Bertz CT molecular complexity index is 591. The fourth-order valence-corrected chi connectivity index (χ4v) is 2.56. The molecule has 5 nitrogen and oxygen atoms in total. The number of aryl methyl sites for hydroxylation is 1. The quantitative estimate of drug-likeness (QED) is 0.845. The van der Waals surface area contributed by atoms with Gasteiger partial charge in [0.1, 0.15) is 16.5 Å². The highest BCUT2D eigenvalue weighted by molar-refractivity contribution is 7.84. The summed E-state index contributed by atoms with van der Waals surface area (Å²) in [7, 11) is -0.231. The zero-order chi connectivity index (χ0) is 13.3. The van der Waals surface area contributed by atoms with E-state index in [4.69, 9.17) is 5.73 Å². The molecule has 0 saturated heterocycles. The zero-order valence-corrected chi connectivity index (χ0v) is 10.2. The number of rotatable bonds is 3. The highest BCUT2D eigenvalue weighted by Crippen LogP contribution is 2.21. The van der Waals surface area contributed by atoms with E-state index < -0.39 is 27.3 Å². The van der Waals surface area contributed by atoms with Gasteiger partial charge in [-0.05, 0) is 12.1 Å². The van der Waals surface area contributed by atoms with Crippen molar-refractivity contribution < 1.29 is 13.0 Å². The maximum absolute atomic E-state index is 13.5. The van der Waals surface area contributed by atoms with Gasteiger partial charge >= 0.3 is 0 Å². The molecule has 1 heterocycles. The highest BCUT2D eigenvalue weighted by atomic mass is 32.2. The molecule has 0 aliphatic heterocycles. The Hall–Kier alpha value is -1.83. The van der Waals surface area contributed by atoms with Gasteiger partial charge in [0.15, 0.2) is 0 Å². The Balaban J connectivity index is 2.29. The summed E-state index contributed by atoms with van der Waals surface area (Å²) in [5, 5.41) is 7.36. The van der Waals surface area contributed by atoms with Gasteiger partial charge in [-0.25, -0.2) is 8.78 Å². The molecule has 1 atom stereocenters. The van der Waals surface area contributed by atoms with Crippen molar-refractivity contribution in [2.24, 2.45) is 7.05 Å². The van der Waals surface area contributed by atoms with Crippen molar-refractivity contribution >= 4 is 16.5 Å². The van der Waals surface area contributed by atoms with E-state index >= 15 is 0 Å². The van der Waals surface area contributed by atoms with Crippen molar-refractivity contribution in [3.05, 3.63) is 35.7 Å². The molecular formula is C10H10F2N4OS. The molecule has 1 unspecified atom stereocenters. The summed E-state index contributed by atoms with van der Waals surface area (Å²) in [6.45, 7) is 0. The molecule has 0 aliphatic rings. The Morgan fingerprint density at radius 2 is 2.00 bits per heavy atom. The summed E-state index contributed by atoms with van der Waals surface area (Å²) in [5.41, 5.74) is 5.62. The minimum Gasteiger partial charge on any atom is -0.399 e. The maximum atomic E-state index is 13.5. The van der Waals surface area contributed by atoms with Crippen molar-refractivity contribution in [1.29, 1.82) is 0 Å². The molecule has 1 aromatic carbocycles. The predicted octanol–water partition coefficient (Wildman–Crippen LogP) is 0.983. The minimum atomic E-state index is -1.87. The van der Waals surface area contributed by atoms with Crippen LogP contribution < -0.4 is 5.73 Å². The molecule has 0 bridgehead atoms. The number of aromatic nitrogens is 3. The van der Waals surface area contributed by atoms with E-state index in [2.05, 4.69) is 10.3 Å². The lowest BCUT2D eigenvalue weighted by atomic mass is 10.3. The Morgan fingerprint density at radius 3 is 2.50 bits per heavy atom. The Kier molecular flexibility index (Phi) is 3.37. The molecule has 2 rings (SSSR count). The van der Waals surface area contributed by atoms with Crippen LogP contribution in [-0.2, 0) is 23.6 Å². The largest absolute Gasteiger partial charge is 0.399 e. The normalized spacial score (nSPS) is 12.6. The topological polar surface area (TPSA) is 73.8 Å². The SMILES string of the molecule is Cn1cc(CS(=O)c2c(F)cc(N)cc2F)nn1. The third kappa shape index (κ3) is 2.53. The fourth-order valence-electron chi connectivity index (χ4n) is 1.46. The van der Waals surface area contributed by atoms with Crippen molar-refractivity contribution in [3.8, 4) is 0 Å². The number of hydrogen-bond acceptors (Lipinski definition) is 4. The fraction of sp³-hybridized carbons (Fsp3) is 0.200. The zero-order valence-electron chi connectivity index (χ0n) is 9.43. The minimum absolute atomic E-state index is 0.0507. The van der Waals surface area contributed by atoms with Gasteiger partial charge in [0, 0.05) is 18.9 Å². The average molecular weight is 272 g/mol. The Labute approximate surface area is 104 Å². The second-order valence-electron chi connectivity index (χ2n) is 3.69. The van der Waals surface area contributed by atoms with E-state index in [1.54, 1.807) is 7.05 Å². The van der Waals surface area contributed by atoms with Crippen LogP contribution in [0.25, 0.3) is 0 Å². The van der Waals surface area contributed by atoms with Crippen LogP contribution in [0.1, 0.15) is 5.69 Å². The number of anilines is 1. The standard InChI is InChI=1S/C10H10F2N4OS/c1-16-4-7(14-15-16)5-18(17)10-8(11)2-6(13)3-9(10)12/h2-4H,5,13H2,1H3. The van der Waals surface area contributed by atoms with Crippen molar-refractivity contribution in [2.75, 3.05) is 5.73 Å². The Morgan fingerprint density at radius 1 is 1.39 bits per heavy atom. The third-order valence-corrected chi connectivity index (χ3v) is 3.58. The van der Waals surface area contributed by atoms with Crippen LogP contribution in [-0.4, -0.2) is 19.2 Å². The van der Waals surface area contributed by atoms with Gasteiger partial charge in [0.25, 0.3) is 0 Å². The van der Waals surface area contributed by atoms with Crippen LogP contribution >= 0.6 is 0 Å². The molecule has 96 valence electrons. The summed E-state index contributed by atoms with van der Waals surface area (Å²) < 4.78 is 40.3. The van der Waals surface area contributed by atoms with Crippen molar-refractivity contribution in [1.82, 2.24) is 15.0 Å². The molecule has 0 saturated carbocycles. The number of halogens is 2. The maximum Gasteiger partial charge on any atom is 0.144 e. The first-order valence-corrected chi connectivity index (χ1v) is 6.27. The number of nitrogens with zero attached hydrogens (tertiary/aromatic N) is 3. The highest BCUT2D eigenvalue weighted by Gasteiger charge is 2.18. The van der Waals surface area contributed by atoms with Crippen LogP contribution in [0.3, 0.4) is 0 Å². The van der Waals surface area contributed by atoms with E-state index in [0.29, 0.717) is 5.69 Å². The molecule has 0 amide bonds. The first-order chi connectivity index (χ1) is 8.47. The van der Waals surface area contributed by atoms with E-state index in [1.807, 2.05) is 0 Å². The van der Waals surface area contributed by atoms with E-state index in [0.717, 1.165) is 12.1 Å². The van der Waals surface area contributed by atoms with Crippen LogP contribution in [0.2, 0.25) is 0 Å². The number of nitrogens with two attached hydrogens (primary N) is 1. The molecule has 18 heavy (non-hydrogen) atoms. The predicted molar refractivity (Wildman–Crippen MR) is 61.9 cm³/mol. The van der Waals surface area contributed by atoms with Crippen LogP contribution in [0.4, 0.5) is 14.5 Å². The van der Waals surface area contributed by atoms with Gasteiger partial charge in [0.2, 0.25) is 0 Å². The van der Waals surface area contributed by atoms with Crippen LogP contribution in [0, 0.1) is 11.6 Å². The first kappa shape index (κ1) is 12.6. The molecule has 2 N–H and O–H groups in total. The van der Waals surface area contributed by atoms with Gasteiger partial charge in [-0.1, -0.05) is 5.21 Å². The van der Waals surface area contributed by atoms with Crippen LogP contribution in [0.5, 0.6) is 0 Å².